The second kappa shape index (κ2) is 11.8. The highest BCUT2D eigenvalue weighted by atomic mass is 35.5. The molecule has 3 amide bonds. The number of rotatable bonds is 8. The van der Waals surface area contributed by atoms with Crippen LogP contribution in [-0.4, -0.2) is 37.1 Å². The fourth-order valence-corrected chi connectivity index (χ4v) is 2.68. The Morgan fingerprint density at radius 3 is 2.33 bits per heavy atom. The van der Waals surface area contributed by atoms with Crippen molar-refractivity contribution in [2.24, 2.45) is 5.10 Å². The first-order chi connectivity index (χ1) is 14.4. The fraction of sp³-hybridized carbons (Fsp3) is 0.200. The molecular weight excluding hydrogens is 431 g/mol. The predicted molar refractivity (Wildman–Crippen MR) is 116 cm³/mol. The van der Waals surface area contributed by atoms with Gasteiger partial charge in [0, 0.05) is 22.3 Å². The average molecular weight is 451 g/mol. The van der Waals surface area contributed by atoms with Crippen LogP contribution in [0.4, 0.5) is 5.69 Å². The molecule has 0 aliphatic carbocycles. The van der Waals surface area contributed by atoms with Crippen molar-refractivity contribution >= 4 is 52.8 Å². The van der Waals surface area contributed by atoms with E-state index in [2.05, 4.69) is 21.2 Å². The van der Waals surface area contributed by atoms with Gasteiger partial charge in [0.2, 0.25) is 0 Å². The summed E-state index contributed by atoms with van der Waals surface area (Å²) in [5, 5.41) is 9.63. The van der Waals surface area contributed by atoms with Gasteiger partial charge in [-0.25, -0.2) is 5.43 Å². The first-order valence-electron chi connectivity index (χ1n) is 8.97. The molecule has 3 N–H and O–H groups in total. The van der Waals surface area contributed by atoms with Gasteiger partial charge in [0.05, 0.1) is 6.21 Å². The normalized spacial score (nSPS) is 10.5. The van der Waals surface area contributed by atoms with E-state index in [1.54, 1.807) is 42.5 Å². The molecule has 158 valence electrons. The van der Waals surface area contributed by atoms with Crippen molar-refractivity contribution < 1.29 is 19.1 Å². The van der Waals surface area contributed by atoms with E-state index in [1.165, 1.54) is 6.21 Å². The van der Waals surface area contributed by atoms with Crippen LogP contribution in [0.1, 0.15) is 18.9 Å². The summed E-state index contributed by atoms with van der Waals surface area (Å²) in [6.07, 6.45) is 2.11. The summed E-state index contributed by atoms with van der Waals surface area (Å²) in [5.41, 5.74) is 3.27. The van der Waals surface area contributed by atoms with Crippen LogP contribution in [0, 0.1) is 0 Å². The number of halogens is 2. The zero-order chi connectivity index (χ0) is 21.9. The molecule has 2 rings (SSSR count). The van der Waals surface area contributed by atoms with Gasteiger partial charge >= 0.3 is 11.8 Å². The highest BCUT2D eigenvalue weighted by molar-refractivity contribution is 6.35. The summed E-state index contributed by atoms with van der Waals surface area (Å²) in [6.45, 7) is 2.09. The number of nitrogens with zero attached hydrogens (tertiary/aromatic N) is 1. The van der Waals surface area contributed by atoms with Gasteiger partial charge in [0.25, 0.3) is 5.91 Å². The van der Waals surface area contributed by atoms with Gasteiger partial charge in [-0.1, -0.05) is 30.1 Å². The minimum Gasteiger partial charge on any atom is -0.484 e. The van der Waals surface area contributed by atoms with E-state index in [9.17, 15) is 14.4 Å². The molecule has 0 radical (unpaired) electrons. The number of carbonyl (C=O) groups excluding carboxylic acids is 3. The third kappa shape index (κ3) is 8.10. The minimum absolute atomic E-state index is 0.208. The van der Waals surface area contributed by atoms with Crippen LogP contribution in [-0.2, 0) is 14.4 Å². The van der Waals surface area contributed by atoms with Gasteiger partial charge in [-0.15, -0.1) is 0 Å². The molecule has 8 nitrogen and oxygen atoms in total. The van der Waals surface area contributed by atoms with Crippen LogP contribution in [0.25, 0.3) is 0 Å². The second-order valence-corrected chi connectivity index (χ2v) is 6.89. The minimum atomic E-state index is -0.841. The molecule has 2 aromatic carbocycles. The second-order valence-electron chi connectivity index (χ2n) is 6.02. The maximum atomic E-state index is 12.0. The predicted octanol–water partition coefficient (Wildman–Crippen LogP) is 2.99. The van der Waals surface area contributed by atoms with Gasteiger partial charge in [-0.05, 0) is 54.4 Å². The Morgan fingerprint density at radius 2 is 1.70 bits per heavy atom. The first-order valence-corrected chi connectivity index (χ1v) is 9.73. The standard InChI is InChI=1S/C20H20Cl2N4O4/c1-2-7-23-19(28)20(29)26-24-11-13-3-5-17(6-4-13)30-12-18(27)25-16-9-14(21)8-15(22)10-16/h3-6,8-11H,2,7,12H2,1H3,(H,23,28)(H,25,27)(H,26,29)/b24-11-. The molecule has 2 aromatic rings. The lowest BCUT2D eigenvalue weighted by Gasteiger charge is -2.08. The van der Waals surface area contributed by atoms with Gasteiger partial charge in [0.1, 0.15) is 5.75 Å². The molecule has 30 heavy (non-hydrogen) atoms. The highest BCUT2D eigenvalue weighted by Crippen LogP contribution is 2.22. The molecule has 0 aliphatic heterocycles. The Balaban J connectivity index is 1.79. The van der Waals surface area contributed by atoms with Crippen LogP contribution < -0.4 is 20.8 Å². The molecule has 0 fully saturated rings. The lowest BCUT2D eigenvalue weighted by atomic mass is 10.2. The summed E-state index contributed by atoms with van der Waals surface area (Å²) >= 11 is 11.8. The topological polar surface area (TPSA) is 109 Å². The third-order valence-electron chi connectivity index (χ3n) is 3.52. The lowest BCUT2D eigenvalue weighted by Crippen LogP contribution is -2.38. The lowest BCUT2D eigenvalue weighted by molar-refractivity contribution is -0.139. The van der Waals surface area contributed by atoms with E-state index in [4.69, 9.17) is 27.9 Å². The monoisotopic (exact) mass is 450 g/mol. The number of hydrogen-bond acceptors (Lipinski definition) is 5. The molecule has 0 atom stereocenters. The number of nitrogens with one attached hydrogen (secondary N) is 3. The van der Waals surface area contributed by atoms with Crippen molar-refractivity contribution in [1.29, 1.82) is 0 Å². The molecule has 0 saturated carbocycles. The molecule has 0 unspecified atom stereocenters. The van der Waals surface area contributed by atoms with Crippen LogP contribution in [0.15, 0.2) is 47.6 Å². The number of anilines is 1. The average Bonchev–Trinajstić information content (AvgIpc) is 2.70. The number of hydrogen-bond donors (Lipinski definition) is 3. The van der Waals surface area contributed by atoms with Crippen LogP contribution in [0.2, 0.25) is 10.0 Å². The zero-order valence-corrected chi connectivity index (χ0v) is 17.6. The summed E-state index contributed by atoms with van der Waals surface area (Å²) < 4.78 is 5.42. The maximum absolute atomic E-state index is 12.0. The van der Waals surface area contributed by atoms with Crippen molar-refractivity contribution in [2.45, 2.75) is 13.3 Å². The van der Waals surface area contributed by atoms with Gasteiger partial charge < -0.3 is 15.4 Å². The van der Waals surface area contributed by atoms with Crippen LogP contribution in [0.5, 0.6) is 5.75 Å². The SMILES string of the molecule is CCCNC(=O)C(=O)N/N=C\c1ccc(OCC(=O)Nc2cc(Cl)cc(Cl)c2)cc1. The molecule has 0 aromatic heterocycles. The molecule has 0 spiro atoms. The Kier molecular flexibility index (Phi) is 9.11. The summed E-state index contributed by atoms with van der Waals surface area (Å²) in [7, 11) is 0. The summed E-state index contributed by atoms with van der Waals surface area (Å²) in [6, 6.07) is 11.3. The Morgan fingerprint density at radius 1 is 1.03 bits per heavy atom. The van der Waals surface area contributed by atoms with Crippen molar-refractivity contribution in [2.75, 3.05) is 18.5 Å². The van der Waals surface area contributed by atoms with Crippen LogP contribution >= 0.6 is 23.2 Å². The van der Waals surface area contributed by atoms with Crippen molar-refractivity contribution in [3.63, 3.8) is 0 Å². The molecule has 0 saturated heterocycles. The Hall–Kier alpha value is -3.10. The number of benzene rings is 2. The van der Waals surface area contributed by atoms with E-state index >= 15 is 0 Å². The van der Waals surface area contributed by atoms with Crippen molar-refractivity contribution in [3.8, 4) is 5.75 Å². The molecule has 0 aliphatic rings. The summed E-state index contributed by atoms with van der Waals surface area (Å²) in [4.78, 5) is 34.9. The zero-order valence-electron chi connectivity index (χ0n) is 16.1. The maximum Gasteiger partial charge on any atom is 0.329 e. The number of carbonyl (C=O) groups is 3. The summed E-state index contributed by atoms with van der Waals surface area (Å²) in [5.74, 6) is -1.49. The molecule has 10 heteroatoms. The number of hydrazone groups is 1. The van der Waals surface area contributed by atoms with Gasteiger partial charge in [-0.2, -0.15) is 5.10 Å². The van der Waals surface area contributed by atoms with Gasteiger partial charge in [-0.3, -0.25) is 14.4 Å². The van der Waals surface area contributed by atoms with E-state index in [0.29, 0.717) is 33.6 Å². The van der Waals surface area contributed by atoms with E-state index in [-0.39, 0.29) is 12.5 Å². The number of amides is 3. The smallest absolute Gasteiger partial charge is 0.329 e. The van der Waals surface area contributed by atoms with E-state index in [1.807, 2.05) is 6.92 Å². The van der Waals surface area contributed by atoms with Crippen molar-refractivity contribution in [3.05, 3.63) is 58.1 Å². The van der Waals surface area contributed by atoms with E-state index < -0.39 is 11.8 Å². The molecular formula is C20H20Cl2N4O4. The first kappa shape index (κ1) is 23.2. The Bertz CT molecular complexity index is 913. The van der Waals surface area contributed by atoms with Crippen LogP contribution in [0.3, 0.4) is 0 Å². The largest absolute Gasteiger partial charge is 0.484 e. The molecule has 0 heterocycles. The molecule has 0 bridgehead atoms. The Labute approximate surface area is 183 Å². The van der Waals surface area contributed by atoms with Gasteiger partial charge in [0.15, 0.2) is 6.61 Å². The quantitative estimate of drug-likeness (QED) is 0.326. The number of ether oxygens (including phenoxy) is 1. The van der Waals surface area contributed by atoms with Crippen molar-refractivity contribution in [1.82, 2.24) is 10.7 Å². The fourth-order valence-electron chi connectivity index (χ4n) is 2.16. The third-order valence-corrected chi connectivity index (χ3v) is 3.95. The van der Waals surface area contributed by atoms with E-state index in [0.717, 1.165) is 6.42 Å². The highest BCUT2D eigenvalue weighted by Gasteiger charge is 2.10.